The van der Waals surface area contributed by atoms with Gasteiger partial charge in [0.15, 0.2) is 0 Å². The number of fused-ring (bicyclic) bond motifs is 1. The average Bonchev–Trinajstić information content (AvgIpc) is 3.67. The molecule has 3 unspecified atom stereocenters. The summed E-state index contributed by atoms with van der Waals surface area (Å²) in [5.74, 6) is -0.273. The van der Waals surface area contributed by atoms with Crippen LogP contribution in [-0.2, 0) is 11.2 Å². The normalized spacial score (nSPS) is 26.5. The van der Waals surface area contributed by atoms with Crippen LogP contribution in [-0.4, -0.2) is 82.9 Å². The van der Waals surface area contributed by atoms with E-state index in [1.807, 2.05) is 19.1 Å². The lowest BCUT2D eigenvalue weighted by Crippen LogP contribution is -2.62. The maximum atomic E-state index is 13.4. The fourth-order valence-electron chi connectivity index (χ4n) is 6.47. The van der Waals surface area contributed by atoms with Crippen LogP contribution < -0.4 is 4.48 Å². The molecule has 198 valence electrons. The zero-order chi connectivity index (χ0) is 26.4. The molecule has 3 atom stereocenters. The van der Waals surface area contributed by atoms with Crippen molar-refractivity contribution >= 4 is 17.5 Å². The number of aliphatic hydroxyl groups is 2. The summed E-state index contributed by atoms with van der Waals surface area (Å²) in [6, 6.07) is 14.5. The second-order valence-electron chi connectivity index (χ2n) is 11.1. The molecule has 2 heterocycles. The standard InChI is InChI=1S/C30H40N3O4/c1-4-18-33(5-2)26-9-7-6-8-23(26)20-25(28(33)35)22-10-11-24(21(3)19-22)27(34)31-14-16-32(17-15-31)29(36)30(37)12-13-30/h6-11,19,25,28,35,37H,4-5,12-18,20H2,1-3H3/q+1. The lowest BCUT2D eigenvalue weighted by atomic mass is 9.82. The molecule has 3 aliphatic rings. The minimum atomic E-state index is -1.16. The van der Waals surface area contributed by atoms with Gasteiger partial charge in [0.05, 0.1) is 19.0 Å². The number of para-hydroxylation sites is 1. The zero-order valence-electron chi connectivity index (χ0n) is 22.3. The van der Waals surface area contributed by atoms with E-state index in [1.54, 1.807) is 9.80 Å². The van der Waals surface area contributed by atoms with Gasteiger partial charge in [0.25, 0.3) is 11.8 Å². The van der Waals surface area contributed by atoms with E-state index in [0.717, 1.165) is 37.1 Å². The number of quaternary nitrogens is 1. The summed E-state index contributed by atoms with van der Waals surface area (Å²) in [6.45, 7) is 9.83. The molecule has 2 aliphatic heterocycles. The molecule has 2 aromatic carbocycles. The molecule has 2 aromatic rings. The number of benzene rings is 2. The highest BCUT2D eigenvalue weighted by Crippen LogP contribution is 2.43. The Balaban J connectivity index is 1.34. The number of hydrogen-bond donors (Lipinski definition) is 2. The van der Waals surface area contributed by atoms with Crippen molar-refractivity contribution in [2.45, 2.75) is 64.2 Å². The van der Waals surface area contributed by atoms with Crippen LogP contribution in [0.3, 0.4) is 0 Å². The van der Waals surface area contributed by atoms with Crippen molar-refractivity contribution < 1.29 is 19.8 Å². The summed E-state index contributed by atoms with van der Waals surface area (Å²) in [6.07, 6.45) is 2.28. The van der Waals surface area contributed by atoms with Crippen LogP contribution in [0.25, 0.3) is 0 Å². The average molecular weight is 507 g/mol. The van der Waals surface area contributed by atoms with E-state index in [2.05, 4.69) is 44.2 Å². The van der Waals surface area contributed by atoms with Gasteiger partial charge in [-0.3, -0.25) is 14.1 Å². The molecule has 1 saturated heterocycles. The second kappa shape index (κ2) is 9.86. The predicted octanol–water partition coefficient (Wildman–Crippen LogP) is 3.20. The van der Waals surface area contributed by atoms with Crippen molar-refractivity contribution in [3.63, 3.8) is 0 Å². The van der Waals surface area contributed by atoms with Gasteiger partial charge >= 0.3 is 0 Å². The number of piperazine rings is 1. The fraction of sp³-hybridized carbons (Fsp3) is 0.533. The first-order valence-electron chi connectivity index (χ1n) is 13.8. The Hall–Kier alpha value is -2.74. The Morgan fingerprint density at radius 3 is 2.32 bits per heavy atom. The smallest absolute Gasteiger partial charge is 0.254 e. The van der Waals surface area contributed by atoms with E-state index >= 15 is 0 Å². The molecule has 2 amide bonds. The van der Waals surface area contributed by atoms with Gasteiger partial charge in [-0.15, -0.1) is 0 Å². The van der Waals surface area contributed by atoms with Gasteiger partial charge < -0.3 is 20.0 Å². The molecule has 37 heavy (non-hydrogen) atoms. The SMILES string of the molecule is CCC[N+]1(CC)c2ccccc2CC(c2ccc(C(=O)N3CCN(C(=O)C4(O)CC4)CC3)c(C)c2)C1O. The van der Waals surface area contributed by atoms with Crippen molar-refractivity contribution in [3.8, 4) is 0 Å². The van der Waals surface area contributed by atoms with Gasteiger partial charge in [0, 0.05) is 37.3 Å². The maximum Gasteiger partial charge on any atom is 0.254 e. The van der Waals surface area contributed by atoms with Gasteiger partial charge in [-0.05, 0) is 62.8 Å². The molecule has 0 spiro atoms. The largest absolute Gasteiger partial charge is 0.380 e. The molecule has 0 bridgehead atoms. The van der Waals surface area contributed by atoms with Crippen molar-refractivity contribution in [3.05, 3.63) is 64.7 Å². The third-order valence-electron chi connectivity index (χ3n) is 8.85. The third kappa shape index (κ3) is 4.47. The van der Waals surface area contributed by atoms with Crippen LogP contribution in [0.5, 0.6) is 0 Å². The van der Waals surface area contributed by atoms with Crippen LogP contribution in [0.4, 0.5) is 5.69 Å². The second-order valence-corrected chi connectivity index (χ2v) is 11.1. The fourth-order valence-corrected chi connectivity index (χ4v) is 6.47. The lowest BCUT2D eigenvalue weighted by molar-refractivity contribution is -0.143. The molecular formula is C30H40N3O4+. The highest BCUT2D eigenvalue weighted by atomic mass is 16.3. The van der Waals surface area contributed by atoms with Crippen molar-refractivity contribution in [2.24, 2.45) is 0 Å². The number of carbonyl (C=O) groups is 2. The van der Waals surface area contributed by atoms with Gasteiger partial charge in [-0.2, -0.15) is 0 Å². The molecule has 0 radical (unpaired) electrons. The summed E-state index contributed by atoms with van der Waals surface area (Å²) < 4.78 is 0.565. The van der Waals surface area contributed by atoms with Crippen LogP contribution in [0.15, 0.2) is 42.5 Å². The number of likely N-dealkylation sites (N-methyl/N-ethyl adjacent to an activating group) is 1. The van der Waals surface area contributed by atoms with Crippen LogP contribution in [0, 0.1) is 6.92 Å². The first-order chi connectivity index (χ1) is 17.7. The molecular weight excluding hydrogens is 466 g/mol. The minimum absolute atomic E-state index is 0.0273. The molecule has 5 rings (SSSR count). The number of amides is 2. The minimum Gasteiger partial charge on any atom is -0.380 e. The summed E-state index contributed by atoms with van der Waals surface area (Å²) in [5, 5.41) is 21.9. The zero-order valence-corrected chi connectivity index (χ0v) is 22.3. The topological polar surface area (TPSA) is 81.1 Å². The number of aliphatic hydroxyl groups excluding tert-OH is 1. The molecule has 2 N–H and O–H groups in total. The van der Waals surface area contributed by atoms with E-state index in [1.165, 1.54) is 11.3 Å². The first-order valence-corrected chi connectivity index (χ1v) is 13.8. The summed E-state index contributed by atoms with van der Waals surface area (Å²) in [7, 11) is 0. The van der Waals surface area contributed by atoms with Crippen LogP contribution in [0.2, 0.25) is 0 Å². The maximum absolute atomic E-state index is 13.4. The Bertz CT molecular complexity index is 1190. The Morgan fingerprint density at radius 1 is 1.03 bits per heavy atom. The Kier molecular flexibility index (Phi) is 6.90. The third-order valence-corrected chi connectivity index (χ3v) is 8.85. The van der Waals surface area contributed by atoms with Crippen molar-refractivity contribution in [2.75, 3.05) is 39.3 Å². The molecule has 0 aromatic heterocycles. The number of rotatable bonds is 6. The molecule has 7 heteroatoms. The monoisotopic (exact) mass is 506 g/mol. The first kappa shape index (κ1) is 25.9. The highest BCUT2D eigenvalue weighted by Gasteiger charge is 2.50. The number of aryl methyl sites for hydroxylation is 1. The van der Waals surface area contributed by atoms with Gasteiger partial charge in [-0.25, -0.2) is 0 Å². The van der Waals surface area contributed by atoms with Crippen molar-refractivity contribution in [1.29, 1.82) is 0 Å². The van der Waals surface area contributed by atoms with Crippen LogP contribution in [0.1, 0.15) is 66.1 Å². The molecule has 7 nitrogen and oxygen atoms in total. The molecule has 1 saturated carbocycles. The summed E-state index contributed by atoms with van der Waals surface area (Å²) in [4.78, 5) is 29.3. The Morgan fingerprint density at radius 2 is 1.70 bits per heavy atom. The lowest BCUT2D eigenvalue weighted by Gasteiger charge is -2.48. The van der Waals surface area contributed by atoms with Crippen molar-refractivity contribution in [1.82, 2.24) is 14.3 Å². The highest BCUT2D eigenvalue weighted by molar-refractivity contribution is 5.96. The quantitative estimate of drug-likeness (QED) is 0.590. The van der Waals surface area contributed by atoms with E-state index in [-0.39, 0.29) is 17.7 Å². The van der Waals surface area contributed by atoms with Gasteiger partial charge in [0.2, 0.25) is 6.23 Å². The Labute approximate surface area is 219 Å². The van der Waals surface area contributed by atoms with Gasteiger partial charge in [0.1, 0.15) is 11.3 Å². The summed E-state index contributed by atoms with van der Waals surface area (Å²) in [5.41, 5.74) is 3.99. The molecule has 1 aliphatic carbocycles. The van der Waals surface area contributed by atoms with E-state index in [0.29, 0.717) is 49.1 Å². The van der Waals surface area contributed by atoms with E-state index in [4.69, 9.17) is 0 Å². The molecule has 2 fully saturated rings. The van der Waals surface area contributed by atoms with E-state index in [9.17, 15) is 19.8 Å². The van der Waals surface area contributed by atoms with Gasteiger partial charge in [-0.1, -0.05) is 37.3 Å². The van der Waals surface area contributed by atoms with E-state index < -0.39 is 11.8 Å². The number of carbonyl (C=O) groups excluding carboxylic acids is 2. The van der Waals surface area contributed by atoms with Crippen LogP contribution >= 0.6 is 0 Å². The number of hydrogen-bond acceptors (Lipinski definition) is 4. The number of nitrogens with zero attached hydrogens (tertiary/aromatic N) is 3. The summed E-state index contributed by atoms with van der Waals surface area (Å²) >= 11 is 0. The predicted molar refractivity (Wildman–Crippen MR) is 144 cm³/mol.